The van der Waals surface area contributed by atoms with Crippen LogP contribution in [0.15, 0.2) is 71.1 Å². The molecule has 0 saturated heterocycles. The van der Waals surface area contributed by atoms with Gasteiger partial charge in [-0.25, -0.2) is 0 Å². The van der Waals surface area contributed by atoms with E-state index in [1.54, 1.807) is 11.1 Å². The lowest BCUT2D eigenvalue weighted by Gasteiger charge is -2.69. The summed E-state index contributed by atoms with van der Waals surface area (Å²) in [5.41, 5.74) is 3.34. The standard InChI is InChI=1S/C28H46Si4/c1-27(2,3)25-26(32(12,29(4,5)6)30(7,8)9)28(31(25,10)11,23-19-15-13-16-20-23)24-21-17-14-18-22-24/h13-22H,1-12H3. The molecule has 174 valence electrons. The minimum Gasteiger partial charge on any atom is -0.0780 e. The van der Waals surface area contributed by atoms with Gasteiger partial charge in [-0.1, -0.05) is 151 Å². The van der Waals surface area contributed by atoms with Crippen LogP contribution in [0.3, 0.4) is 0 Å². The molecular formula is C28H46Si4. The summed E-state index contributed by atoms with van der Waals surface area (Å²) in [5, 5.41) is 3.96. The molecule has 0 N–H and O–H groups in total. The first-order valence-corrected chi connectivity index (χ1v) is 26.8. The van der Waals surface area contributed by atoms with E-state index in [1.807, 2.05) is 10.4 Å². The molecule has 0 radical (unpaired) electrons. The molecule has 3 rings (SSSR count). The number of allylic oxidation sites excluding steroid dienone is 2. The summed E-state index contributed by atoms with van der Waals surface area (Å²) in [5.74, 6) is 0. The molecule has 0 unspecified atom stereocenters. The van der Waals surface area contributed by atoms with E-state index in [0.717, 1.165) is 0 Å². The Hall–Kier alpha value is -0.952. The summed E-state index contributed by atoms with van der Waals surface area (Å²) in [7, 11) is -6.49. The Bertz CT molecular complexity index is 944. The zero-order valence-electron chi connectivity index (χ0n) is 22.8. The van der Waals surface area contributed by atoms with E-state index in [-0.39, 0.29) is 10.5 Å². The summed E-state index contributed by atoms with van der Waals surface area (Å²) in [6, 6.07) is 23.3. The van der Waals surface area contributed by atoms with E-state index >= 15 is 0 Å². The van der Waals surface area contributed by atoms with Crippen molar-refractivity contribution in [1.29, 1.82) is 0 Å². The molecule has 0 spiro atoms. The molecule has 4 heteroatoms. The van der Waals surface area contributed by atoms with Gasteiger partial charge in [-0.05, 0) is 16.5 Å². The predicted molar refractivity (Wildman–Crippen MR) is 156 cm³/mol. The van der Waals surface area contributed by atoms with Gasteiger partial charge in [0.25, 0.3) is 0 Å². The lowest BCUT2D eigenvalue weighted by molar-refractivity contribution is 0.498. The minimum absolute atomic E-state index is 0.0969. The molecule has 0 amide bonds. The Morgan fingerprint density at radius 3 is 1.25 bits per heavy atom. The SMILES string of the molecule is CC(C)(C)C1=C([Si](C)([Si](C)(C)C)[Si](C)(C)C)C(c2ccccc2)(c2ccccc2)[Si]1(C)C. The van der Waals surface area contributed by atoms with Crippen molar-refractivity contribution in [1.82, 2.24) is 0 Å². The van der Waals surface area contributed by atoms with Gasteiger partial charge in [0.05, 0.1) is 15.2 Å². The van der Waals surface area contributed by atoms with E-state index in [4.69, 9.17) is 0 Å². The molecule has 0 saturated carbocycles. The van der Waals surface area contributed by atoms with Crippen LogP contribution in [0.1, 0.15) is 31.9 Å². The number of hydrogen-bond acceptors (Lipinski definition) is 0. The minimum atomic E-state index is -1.85. The fourth-order valence-corrected chi connectivity index (χ4v) is 56.6. The molecule has 1 aliphatic heterocycles. The highest BCUT2D eigenvalue weighted by atomic mass is 29.6. The average molecular weight is 495 g/mol. The topological polar surface area (TPSA) is 0 Å². The molecule has 2 aromatic rings. The first-order valence-electron chi connectivity index (χ1n) is 12.3. The molecule has 0 fully saturated rings. The van der Waals surface area contributed by atoms with Gasteiger partial charge in [0.15, 0.2) is 0 Å². The van der Waals surface area contributed by atoms with Crippen molar-refractivity contribution in [2.45, 2.75) is 84.7 Å². The molecule has 32 heavy (non-hydrogen) atoms. The Morgan fingerprint density at radius 1 is 0.625 bits per heavy atom. The van der Waals surface area contributed by atoms with Crippen molar-refractivity contribution in [3.05, 3.63) is 82.2 Å². The maximum Gasteiger partial charge on any atom is 0.0958 e. The zero-order valence-corrected chi connectivity index (χ0v) is 26.8. The molecule has 1 aliphatic rings. The van der Waals surface area contributed by atoms with E-state index in [2.05, 4.69) is 140 Å². The van der Waals surface area contributed by atoms with Crippen molar-refractivity contribution in [3.8, 4) is 0 Å². The fraction of sp³-hybridized carbons (Fsp3) is 0.500. The van der Waals surface area contributed by atoms with Gasteiger partial charge in [-0.3, -0.25) is 0 Å². The average Bonchev–Trinajstić information content (AvgIpc) is 2.65. The van der Waals surface area contributed by atoms with E-state index in [1.165, 1.54) is 0 Å². The Morgan fingerprint density at radius 2 is 0.969 bits per heavy atom. The first-order chi connectivity index (χ1) is 14.4. The Balaban J connectivity index is 2.62. The third-order valence-corrected chi connectivity index (χ3v) is 54.9. The molecule has 1 heterocycles. The van der Waals surface area contributed by atoms with Crippen molar-refractivity contribution in [3.63, 3.8) is 0 Å². The Kier molecular flexibility index (Phi) is 6.25. The summed E-state index contributed by atoms with van der Waals surface area (Å²) in [4.78, 5) is 0. The second-order valence-corrected chi connectivity index (χ2v) is 46.5. The van der Waals surface area contributed by atoms with Crippen LogP contribution in [-0.2, 0) is 5.04 Å². The van der Waals surface area contributed by atoms with Crippen LogP contribution in [0, 0.1) is 5.41 Å². The van der Waals surface area contributed by atoms with Crippen molar-refractivity contribution >= 4 is 30.4 Å². The van der Waals surface area contributed by atoms with Crippen molar-refractivity contribution in [2.24, 2.45) is 5.41 Å². The van der Waals surface area contributed by atoms with Gasteiger partial charge < -0.3 is 0 Å². The van der Waals surface area contributed by atoms with Gasteiger partial charge in [0.1, 0.15) is 0 Å². The van der Waals surface area contributed by atoms with Gasteiger partial charge in [0.2, 0.25) is 0 Å². The second kappa shape index (κ2) is 7.79. The van der Waals surface area contributed by atoms with Crippen LogP contribution < -0.4 is 0 Å². The third kappa shape index (κ3) is 3.39. The molecule has 2 aromatic carbocycles. The lowest BCUT2D eigenvalue weighted by Crippen LogP contribution is -2.81. The smallest absolute Gasteiger partial charge is 0.0780 e. The van der Waals surface area contributed by atoms with Gasteiger partial charge in [0, 0.05) is 20.2 Å². The van der Waals surface area contributed by atoms with Crippen molar-refractivity contribution < 1.29 is 0 Å². The van der Waals surface area contributed by atoms with Crippen LogP contribution in [0.25, 0.3) is 0 Å². The summed E-state index contributed by atoms with van der Waals surface area (Å²) in [6.07, 6.45) is 0. The Labute approximate surface area is 202 Å². The van der Waals surface area contributed by atoms with Gasteiger partial charge in [-0.15, -0.1) is 0 Å². The molecule has 0 nitrogen and oxygen atoms in total. The molecule has 0 aliphatic carbocycles. The lowest BCUT2D eigenvalue weighted by atomic mass is 9.83. The maximum atomic E-state index is 2.83. The largest absolute Gasteiger partial charge is 0.0958 e. The molecule has 0 atom stereocenters. The van der Waals surface area contributed by atoms with Crippen LogP contribution >= 0.6 is 0 Å². The van der Waals surface area contributed by atoms with Crippen LogP contribution in [0.2, 0.25) is 58.9 Å². The highest BCUT2D eigenvalue weighted by Crippen LogP contribution is 2.66. The number of hydrogen-bond donors (Lipinski definition) is 0. The zero-order chi connectivity index (χ0) is 24.4. The van der Waals surface area contributed by atoms with Crippen LogP contribution in [-0.4, -0.2) is 30.4 Å². The molecule has 0 aromatic heterocycles. The van der Waals surface area contributed by atoms with Gasteiger partial charge >= 0.3 is 0 Å². The number of benzene rings is 2. The first kappa shape index (κ1) is 25.7. The fourth-order valence-electron chi connectivity index (χ4n) is 7.30. The normalized spacial score (nSPS) is 19.0. The van der Waals surface area contributed by atoms with E-state index < -0.39 is 30.4 Å². The van der Waals surface area contributed by atoms with Crippen molar-refractivity contribution in [2.75, 3.05) is 0 Å². The quantitative estimate of drug-likeness (QED) is 0.365. The van der Waals surface area contributed by atoms with E-state index in [0.29, 0.717) is 0 Å². The molecular weight excluding hydrogens is 449 g/mol. The summed E-state index contributed by atoms with van der Waals surface area (Å²) >= 11 is 0. The van der Waals surface area contributed by atoms with Gasteiger partial charge in [-0.2, -0.15) is 0 Å². The van der Waals surface area contributed by atoms with Crippen LogP contribution in [0.4, 0.5) is 0 Å². The summed E-state index contributed by atoms with van der Waals surface area (Å²) < 4.78 is 0. The van der Waals surface area contributed by atoms with Crippen LogP contribution in [0.5, 0.6) is 0 Å². The number of rotatable bonds is 5. The highest BCUT2D eigenvalue weighted by Gasteiger charge is 2.71. The predicted octanol–water partition coefficient (Wildman–Crippen LogP) is 8.57. The molecule has 0 bridgehead atoms. The monoisotopic (exact) mass is 494 g/mol. The second-order valence-electron chi connectivity index (χ2n) is 13.7. The maximum absolute atomic E-state index is 2.83. The highest BCUT2D eigenvalue weighted by molar-refractivity contribution is 7.71. The third-order valence-electron chi connectivity index (χ3n) is 8.85. The summed E-state index contributed by atoms with van der Waals surface area (Å²) in [6.45, 7) is 31.8. The van der Waals surface area contributed by atoms with E-state index in [9.17, 15) is 0 Å².